The zero-order chi connectivity index (χ0) is 28.8. The van der Waals surface area contributed by atoms with E-state index >= 15 is 0 Å². The first-order chi connectivity index (χ1) is 19.4. The van der Waals surface area contributed by atoms with Gasteiger partial charge in [0, 0.05) is 11.3 Å². The highest BCUT2D eigenvalue weighted by molar-refractivity contribution is 7.99. The van der Waals surface area contributed by atoms with Gasteiger partial charge in [0.05, 0.1) is 43.0 Å². The van der Waals surface area contributed by atoms with Gasteiger partial charge in [-0.05, 0) is 18.1 Å². The molecule has 0 fully saturated rings. The van der Waals surface area contributed by atoms with Crippen LogP contribution < -0.4 is 16.2 Å². The van der Waals surface area contributed by atoms with E-state index in [1.54, 1.807) is 54.6 Å². The van der Waals surface area contributed by atoms with Crippen molar-refractivity contribution in [3.05, 3.63) is 93.2 Å². The summed E-state index contributed by atoms with van der Waals surface area (Å²) in [4.78, 5) is 43.7. The summed E-state index contributed by atoms with van der Waals surface area (Å²) in [6, 6.07) is 17.3. The predicted molar refractivity (Wildman–Crippen MR) is 149 cm³/mol. The molecule has 3 N–H and O–H groups in total. The van der Waals surface area contributed by atoms with Crippen molar-refractivity contribution < 1.29 is 19.1 Å². The standard InChI is InChI=1S/C28H26N6O5S/c1-4-14-40-28-31-25(35)22(32-33-28)17-12-8-9-13-19(17)34-23(27(37)39-3)21(26(36)38-2)20(18(15-29)24(34)30)16-10-6-5-7-11-16/h5-13,20H,4,14,30H2,1-3H3,(H,31,33,35). The van der Waals surface area contributed by atoms with Crippen LogP contribution in [-0.2, 0) is 19.1 Å². The molecule has 204 valence electrons. The van der Waals surface area contributed by atoms with Crippen LogP contribution in [0.25, 0.3) is 11.3 Å². The number of hydrogen-bond donors (Lipinski definition) is 2. The average molecular weight is 559 g/mol. The maximum atomic E-state index is 13.4. The van der Waals surface area contributed by atoms with Gasteiger partial charge in [0.15, 0.2) is 10.9 Å². The number of nitrogens with one attached hydrogen (secondary N) is 1. The number of ether oxygens (including phenoxy) is 2. The Balaban J connectivity index is 2.02. The normalized spacial score (nSPS) is 15.1. The van der Waals surface area contributed by atoms with Crippen LogP contribution >= 0.6 is 11.8 Å². The summed E-state index contributed by atoms with van der Waals surface area (Å²) in [7, 11) is 2.33. The van der Waals surface area contributed by atoms with Crippen LogP contribution in [0.3, 0.4) is 0 Å². The summed E-state index contributed by atoms with van der Waals surface area (Å²) >= 11 is 1.36. The summed E-state index contributed by atoms with van der Waals surface area (Å²) < 4.78 is 10.2. The highest BCUT2D eigenvalue weighted by Crippen LogP contribution is 2.44. The van der Waals surface area contributed by atoms with Crippen molar-refractivity contribution in [2.75, 3.05) is 24.9 Å². The largest absolute Gasteiger partial charge is 0.466 e. The van der Waals surface area contributed by atoms with E-state index in [4.69, 9.17) is 15.2 Å². The number of hydrogen-bond acceptors (Lipinski definition) is 11. The molecule has 0 spiro atoms. The molecule has 1 atom stereocenters. The van der Waals surface area contributed by atoms with Crippen LogP contribution in [-0.4, -0.2) is 47.1 Å². The Morgan fingerprint density at radius 1 is 1.07 bits per heavy atom. The number of carbonyl (C=O) groups is 2. The number of nitrogens with two attached hydrogens (primary N) is 1. The maximum absolute atomic E-state index is 13.4. The van der Waals surface area contributed by atoms with E-state index in [9.17, 15) is 19.6 Å². The van der Waals surface area contributed by atoms with Crippen molar-refractivity contribution in [1.29, 1.82) is 5.26 Å². The summed E-state index contributed by atoms with van der Waals surface area (Å²) in [5.41, 5.74) is 6.65. The van der Waals surface area contributed by atoms with Crippen molar-refractivity contribution in [2.24, 2.45) is 5.73 Å². The van der Waals surface area contributed by atoms with Crippen LogP contribution in [0.2, 0.25) is 0 Å². The Labute approximate surface area is 234 Å². The number of nitrogens with zero attached hydrogens (tertiary/aromatic N) is 4. The van der Waals surface area contributed by atoms with Crippen molar-refractivity contribution >= 4 is 29.4 Å². The zero-order valence-corrected chi connectivity index (χ0v) is 22.8. The number of nitriles is 1. The Kier molecular flexibility index (Phi) is 8.66. The maximum Gasteiger partial charge on any atom is 0.355 e. The molecule has 1 aromatic heterocycles. The van der Waals surface area contributed by atoms with Crippen LogP contribution in [0.15, 0.2) is 87.2 Å². The number of esters is 2. The van der Waals surface area contributed by atoms with Crippen LogP contribution in [0.5, 0.6) is 0 Å². The number of anilines is 1. The number of methoxy groups -OCH3 is 2. The zero-order valence-electron chi connectivity index (χ0n) is 22.0. The molecular formula is C28H26N6O5S. The molecule has 4 rings (SSSR count). The van der Waals surface area contributed by atoms with E-state index in [1.165, 1.54) is 23.8 Å². The fraction of sp³-hybridized carbons (Fsp3) is 0.214. The SMILES string of the molecule is CCCSc1nnc(-c2ccccc2N2C(N)=C(C#N)C(c3ccccc3)C(C(=O)OC)=C2C(=O)OC)c(=O)[nH]1. The van der Waals surface area contributed by atoms with Gasteiger partial charge in [-0.25, -0.2) is 9.59 Å². The minimum absolute atomic E-state index is 0.000336. The second kappa shape index (κ2) is 12.3. The molecule has 0 radical (unpaired) electrons. The Morgan fingerprint density at radius 2 is 1.75 bits per heavy atom. The van der Waals surface area contributed by atoms with Crippen LogP contribution in [0.1, 0.15) is 24.8 Å². The highest BCUT2D eigenvalue weighted by atomic mass is 32.2. The molecule has 0 aliphatic carbocycles. The number of allylic oxidation sites excluding steroid dienone is 1. The van der Waals surface area contributed by atoms with Crippen LogP contribution in [0.4, 0.5) is 5.69 Å². The number of aromatic amines is 1. The molecule has 1 aliphatic heterocycles. The van der Waals surface area contributed by atoms with E-state index in [2.05, 4.69) is 21.3 Å². The lowest BCUT2D eigenvalue weighted by Gasteiger charge is -2.36. The number of thioether (sulfide) groups is 1. The minimum Gasteiger partial charge on any atom is -0.466 e. The molecule has 12 heteroatoms. The predicted octanol–water partition coefficient (Wildman–Crippen LogP) is 3.23. The third-order valence-corrected chi connectivity index (χ3v) is 7.20. The number of aromatic nitrogens is 3. The molecule has 3 aromatic rings. The fourth-order valence-corrected chi connectivity index (χ4v) is 5.06. The van der Waals surface area contributed by atoms with Gasteiger partial charge in [-0.15, -0.1) is 10.2 Å². The molecule has 11 nitrogen and oxygen atoms in total. The van der Waals surface area contributed by atoms with Gasteiger partial charge < -0.3 is 15.2 Å². The molecule has 0 bridgehead atoms. The Bertz CT molecular complexity index is 1610. The van der Waals surface area contributed by atoms with Gasteiger partial charge in [0.2, 0.25) is 0 Å². The molecule has 1 unspecified atom stereocenters. The van der Waals surface area contributed by atoms with Gasteiger partial charge in [-0.3, -0.25) is 14.7 Å². The van der Waals surface area contributed by atoms with Crippen molar-refractivity contribution in [1.82, 2.24) is 15.2 Å². The molecule has 0 saturated heterocycles. The molecule has 40 heavy (non-hydrogen) atoms. The van der Waals surface area contributed by atoms with Crippen molar-refractivity contribution in [3.63, 3.8) is 0 Å². The van der Waals surface area contributed by atoms with Crippen molar-refractivity contribution in [2.45, 2.75) is 24.4 Å². The Morgan fingerprint density at radius 3 is 2.38 bits per heavy atom. The lowest BCUT2D eigenvalue weighted by Crippen LogP contribution is -2.41. The molecule has 0 amide bonds. The van der Waals surface area contributed by atoms with E-state index in [0.29, 0.717) is 10.7 Å². The number of para-hydroxylation sites is 1. The lowest BCUT2D eigenvalue weighted by molar-refractivity contribution is -0.139. The Hall–Kier alpha value is -4.89. The fourth-order valence-electron chi connectivity index (χ4n) is 4.39. The number of H-pyrrole nitrogens is 1. The third kappa shape index (κ3) is 5.19. The number of benzene rings is 2. The first-order valence-corrected chi connectivity index (χ1v) is 13.2. The topological polar surface area (TPSA) is 164 Å². The summed E-state index contributed by atoms with van der Waals surface area (Å²) in [6.07, 6.45) is 0.885. The van der Waals surface area contributed by atoms with E-state index < -0.39 is 23.4 Å². The van der Waals surface area contributed by atoms with Gasteiger partial charge in [0.25, 0.3) is 5.56 Å². The average Bonchev–Trinajstić information content (AvgIpc) is 2.99. The van der Waals surface area contributed by atoms with E-state index in [0.717, 1.165) is 19.3 Å². The monoisotopic (exact) mass is 558 g/mol. The first-order valence-electron chi connectivity index (χ1n) is 12.2. The molecule has 1 aliphatic rings. The molecule has 0 saturated carbocycles. The summed E-state index contributed by atoms with van der Waals surface area (Å²) in [6.45, 7) is 2.01. The summed E-state index contributed by atoms with van der Waals surface area (Å²) in [5.74, 6) is -2.15. The smallest absolute Gasteiger partial charge is 0.355 e. The molecule has 2 aromatic carbocycles. The second-order valence-electron chi connectivity index (χ2n) is 8.51. The minimum atomic E-state index is -1.02. The van der Waals surface area contributed by atoms with Gasteiger partial charge in [0.1, 0.15) is 11.5 Å². The lowest BCUT2D eigenvalue weighted by atomic mass is 9.80. The summed E-state index contributed by atoms with van der Waals surface area (Å²) in [5, 5.41) is 18.9. The van der Waals surface area contributed by atoms with Crippen molar-refractivity contribution in [3.8, 4) is 17.3 Å². The third-order valence-electron chi connectivity index (χ3n) is 6.13. The van der Waals surface area contributed by atoms with Gasteiger partial charge in [-0.2, -0.15) is 5.26 Å². The first kappa shape index (κ1) is 28.1. The van der Waals surface area contributed by atoms with Gasteiger partial charge in [-0.1, -0.05) is 67.2 Å². The number of carbonyl (C=O) groups excluding carboxylic acids is 2. The van der Waals surface area contributed by atoms with E-state index in [-0.39, 0.29) is 39.6 Å². The van der Waals surface area contributed by atoms with Crippen LogP contribution in [0, 0.1) is 11.3 Å². The highest BCUT2D eigenvalue weighted by Gasteiger charge is 2.43. The molecular weight excluding hydrogens is 532 g/mol. The second-order valence-corrected chi connectivity index (χ2v) is 9.59. The molecule has 2 heterocycles. The van der Waals surface area contributed by atoms with Gasteiger partial charge >= 0.3 is 11.9 Å². The number of rotatable bonds is 8. The quantitative estimate of drug-likeness (QED) is 0.308. The van der Waals surface area contributed by atoms with E-state index in [1.807, 2.05) is 6.92 Å².